The molecule has 2 aromatic rings. The Kier molecular flexibility index (Phi) is 8.43. The van der Waals surface area contributed by atoms with Gasteiger partial charge in [0.1, 0.15) is 0 Å². The van der Waals surface area contributed by atoms with Gasteiger partial charge in [-0.05, 0) is 24.3 Å². The number of nitrogens with one attached hydrogen (secondary N) is 2. The number of hydrogen-bond acceptors (Lipinski definition) is 4. The lowest BCUT2D eigenvalue weighted by molar-refractivity contribution is 0.0926. The topological polar surface area (TPSA) is 73.1 Å². The lowest BCUT2D eigenvalue weighted by Gasteiger charge is -2.37. The summed E-state index contributed by atoms with van der Waals surface area (Å²) in [6, 6.07) is 13.8. The zero-order chi connectivity index (χ0) is 18.2. The fourth-order valence-corrected chi connectivity index (χ4v) is 2.99. The van der Waals surface area contributed by atoms with Gasteiger partial charge in [0.25, 0.3) is 5.91 Å². The first kappa shape index (κ1) is 21.1. The van der Waals surface area contributed by atoms with Crippen molar-refractivity contribution >= 4 is 41.5 Å². The fourth-order valence-electron chi connectivity index (χ4n) is 2.99. The Morgan fingerprint density at radius 3 is 2.37 bits per heavy atom. The first-order chi connectivity index (χ1) is 12.8. The summed E-state index contributed by atoms with van der Waals surface area (Å²) in [5.41, 5.74) is 1.26. The van der Waals surface area contributed by atoms with Gasteiger partial charge in [-0.3, -0.25) is 9.79 Å². The number of furan rings is 1. The van der Waals surface area contributed by atoms with Gasteiger partial charge in [0, 0.05) is 52.0 Å². The summed E-state index contributed by atoms with van der Waals surface area (Å²) < 4.78 is 5.07. The van der Waals surface area contributed by atoms with E-state index in [1.807, 2.05) is 6.07 Å². The molecule has 0 bridgehead atoms. The Balaban J connectivity index is 0.00000261. The number of hydrogen-bond donors (Lipinski definition) is 2. The molecule has 2 N–H and O–H groups in total. The molecule has 27 heavy (non-hydrogen) atoms. The molecule has 7 nitrogen and oxygen atoms in total. The molecule has 146 valence electrons. The maximum atomic E-state index is 11.8. The molecular formula is C19H26IN5O2. The molecule has 1 aliphatic heterocycles. The molecule has 1 fully saturated rings. The molecule has 0 radical (unpaired) electrons. The monoisotopic (exact) mass is 483 g/mol. The van der Waals surface area contributed by atoms with Crippen LogP contribution in [0.5, 0.6) is 0 Å². The van der Waals surface area contributed by atoms with Crippen LogP contribution in [0.15, 0.2) is 58.1 Å². The zero-order valence-corrected chi connectivity index (χ0v) is 17.8. The van der Waals surface area contributed by atoms with E-state index < -0.39 is 0 Å². The second kappa shape index (κ2) is 10.8. The number of aliphatic imine (C=N–C) groups is 1. The SMILES string of the molecule is CN=C(NCCNC(=O)c1ccco1)N1CCN(c2ccccc2)CC1.I. The van der Waals surface area contributed by atoms with Crippen LogP contribution in [0, 0.1) is 0 Å². The molecule has 0 aliphatic carbocycles. The molecule has 1 saturated heterocycles. The molecule has 2 heterocycles. The average Bonchev–Trinajstić information content (AvgIpc) is 3.24. The second-order valence-electron chi connectivity index (χ2n) is 6.02. The van der Waals surface area contributed by atoms with Crippen LogP contribution in [-0.2, 0) is 0 Å². The van der Waals surface area contributed by atoms with E-state index >= 15 is 0 Å². The molecule has 0 spiro atoms. The molecule has 1 aromatic carbocycles. The summed E-state index contributed by atoms with van der Waals surface area (Å²) in [7, 11) is 1.79. The molecule has 1 aliphatic rings. The summed E-state index contributed by atoms with van der Waals surface area (Å²) in [5.74, 6) is 0.986. The first-order valence-electron chi connectivity index (χ1n) is 8.85. The molecule has 8 heteroatoms. The van der Waals surface area contributed by atoms with Crippen molar-refractivity contribution in [2.75, 3.05) is 51.2 Å². The second-order valence-corrected chi connectivity index (χ2v) is 6.02. The molecule has 1 amide bonds. The number of amides is 1. The number of nitrogens with zero attached hydrogens (tertiary/aromatic N) is 3. The zero-order valence-electron chi connectivity index (χ0n) is 15.4. The van der Waals surface area contributed by atoms with Crippen LogP contribution >= 0.6 is 24.0 Å². The van der Waals surface area contributed by atoms with Gasteiger partial charge >= 0.3 is 0 Å². The van der Waals surface area contributed by atoms with E-state index in [0.29, 0.717) is 18.8 Å². The minimum absolute atomic E-state index is 0. The quantitative estimate of drug-likeness (QED) is 0.295. The van der Waals surface area contributed by atoms with E-state index in [1.165, 1.54) is 12.0 Å². The van der Waals surface area contributed by atoms with Crippen LogP contribution in [0.25, 0.3) is 0 Å². The highest BCUT2D eigenvalue weighted by molar-refractivity contribution is 14.0. The third-order valence-electron chi connectivity index (χ3n) is 4.35. The van der Waals surface area contributed by atoms with Crippen LogP contribution in [-0.4, -0.2) is 63.1 Å². The molecular weight excluding hydrogens is 457 g/mol. The van der Waals surface area contributed by atoms with Gasteiger partial charge in [-0.2, -0.15) is 0 Å². The number of piperazine rings is 1. The number of guanidine groups is 1. The van der Waals surface area contributed by atoms with Crippen molar-refractivity contribution in [3.63, 3.8) is 0 Å². The predicted octanol–water partition coefficient (Wildman–Crippen LogP) is 2.02. The van der Waals surface area contributed by atoms with Crippen LogP contribution in [0.3, 0.4) is 0 Å². The highest BCUT2D eigenvalue weighted by atomic mass is 127. The summed E-state index contributed by atoms with van der Waals surface area (Å²) in [6.45, 7) is 4.85. The Hall–Kier alpha value is -2.23. The number of benzene rings is 1. The average molecular weight is 483 g/mol. The van der Waals surface area contributed by atoms with Gasteiger partial charge in [0.15, 0.2) is 11.7 Å². The summed E-state index contributed by atoms with van der Waals surface area (Å²) in [5, 5.41) is 6.13. The predicted molar refractivity (Wildman–Crippen MR) is 118 cm³/mol. The number of carbonyl (C=O) groups is 1. The van der Waals surface area contributed by atoms with Gasteiger partial charge in [0.2, 0.25) is 0 Å². The number of rotatable bonds is 5. The maximum Gasteiger partial charge on any atom is 0.287 e. The highest BCUT2D eigenvalue weighted by Gasteiger charge is 2.19. The van der Waals surface area contributed by atoms with Crippen molar-refractivity contribution in [2.45, 2.75) is 0 Å². The van der Waals surface area contributed by atoms with E-state index in [4.69, 9.17) is 4.42 Å². The van der Waals surface area contributed by atoms with Crippen LogP contribution in [0.1, 0.15) is 10.6 Å². The molecule has 0 unspecified atom stereocenters. The molecule has 1 aromatic heterocycles. The van der Waals surface area contributed by atoms with Crippen LogP contribution in [0.4, 0.5) is 5.69 Å². The van der Waals surface area contributed by atoms with Gasteiger partial charge in [-0.1, -0.05) is 18.2 Å². The standard InChI is InChI=1S/C19H25N5O2.HI/c1-20-19(22-10-9-21-18(25)17-8-5-15-26-17)24-13-11-23(12-14-24)16-6-3-2-4-7-16;/h2-8,15H,9-14H2,1H3,(H,20,22)(H,21,25);1H. The van der Waals surface area contributed by atoms with Crippen molar-refractivity contribution in [1.29, 1.82) is 0 Å². The van der Waals surface area contributed by atoms with Crippen molar-refractivity contribution in [3.05, 3.63) is 54.5 Å². The minimum atomic E-state index is -0.205. The highest BCUT2D eigenvalue weighted by Crippen LogP contribution is 2.15. The van der Waals surface area contributed by atoms with E-state index in [0.717, 1.165) is 32.1 Å². The minimum Gasteiger partial charge on any atom is -0.459 e. The van der Waals surface area contributed by atoms with E-state index in [-0.39, 0.29) is 29.9 Å². The molecule has 0 saturated carbocycles. The van der Waals surface area contributed by atoms with Crippen LogP contribution in [0.2, 0.25) is 0 Å². The van der Waals surface area contributed by atoms with Gasteiger partial charge in [0.05, 0.1) is 6.26 Å². The summed E-state index contributed by atoms with van der Waals surface area (Å²) in [6.07, 6.45) is 1.49. The van der Waals surface area contributed by atoms with E-state index in [9.17, 15) is 4.79 Å². The fraction of sp³-hybridized carbons (Fsp3) is 0.368. The van der Waals surface area contributed by atoms with E-state index in [1.54, 1.807) is 19.2 Å². The largest absolute Gasteiger partial charge is 0.459 e. The number of para-hydroxylation sites is 1. The van der Waals surface area contributed by atoms with Gasteiger partial charge in [-0.15, -0.1) is 24.0 Å². The summed E-state index contributed by atoms with van der Waals surface area (Å²) in [4.78, 5) is 20.8. The summed E-state index contributed by atoms with van der Waals surface area (Å²) >= 11 is 0. The van der Waals surface area contributed by atoms with Crippen LogP contribution < -0.4 is 15.5 Å². The Labute approximate surface area is 176 Å². The maximum absolute atomic E-state index is 11.8. The lowest BCUT2D eigenvalue weighted by atomic mass is 10.2. The Morgan fingerprint density at radius 2 is 1.74 bits per heavy atom. The Morgan fingerprint density at radius 1 is 1.04 bits per heavy atom. The van der Waals surface area contributed by atoms with Gasteiger partial charge in [-0.25, -0.2) is 0 Å². The molecule has 3 rings (SSSR count). The number of anilines is 1. The van der Waals surface area contributed by atoms with Crippen molar-refractivity contribution in [1.82, 2.24) is 15.5 Å². The van der Waals surface area contributed by atoms with Crippen molar-refractivity contribution in [2.24, 2.45) is 4.99 Å². The third-order valence-corrected chi connectivity index (χ3v) is 4.35. The number of carbonyl (C=O) groups excluding carboxylic acids is 1. The smallest absolute Gasteiger partial charge is 0.287 e. The first-order valence-corrected chi connectivity index (χ1v) is 8.85. The normalized spacial score (nSPS) is 14.5. The van der Waals surface area contributed by atoms with Crippen molar-refractivity contribution < 1.29 is 9.21 Å². The third kappa shape index (κ3) is 5.88. The molecule has 0 atom stereocenters. The van der Waals surface area contributed by atoms with Gasteiger partial charge < -0.3 is 24.9 Å². The number of halogens is 1. The Bertz CT molecular complexity index is 713. The van der Waals surface area contributed by atoms with Crippen molar-refractivity contribution in [3.8, 4) is 0 Å². The van der Waals surface area contributed by atoms with E-state index in [2.05, 4.69) is 49.7 Å². The lowest BCUT2D eigenvalue weighted by Crippen LogP contribution is -2.53.